The van der Waals surface area contributed by atoms with Crippen molar-refractivity contribution in [3.63, 3.8) is 0 Å². The Morgan fingerprint density at radius 3 is 2.84 bits per heavy atom. The van der Waals surface area contributed by atoms with Crippen LogP contribution in [0.4, 0.5) is 5.82 Å². The molecule has 0 saturated carbocycles. The Kier molecular flexibility index (Phi) is 5.98. The Morgan fingerprint density at radius 2 is 2.00 bits per heavy atom. The summed E-state index contributed by atoms with van der Waals surface area (Å²) in [5, 5.41) is 6.86. The van der Waals surface area contributed by atoms with E-state index >= 15 is 0 Å². The van der Waals surface area contributed by atoms with Crippen LogP contribution in [0.1, 0.15) is 15.9 Å². The van der Waals surface area contributed by atoms with Gasteiger partial charge in [0.05, 0.1) is 30.1 Å². The second-order valence-electron chi connectivity index (χ2n) is 6.83. The lowest BCUT2D eigenvalue weighted by molar-refractivity contribution is 0.0964. The number of pyridine rings is 2. The number of para-hydroxylation sites is 1. The van der Waals surface area contributed by atoms with E-state index in [1.54, 1.807) is 38.8 Å². The summed E-state index contributed by atoms with van der Waals surface area (Å²) in [5.74, 6) is 1.26. The number of carbonyl (C=O) groups excluding carboxylic acids is 1. The lowest BCUT2D eigenvalue weighted by atomic mass is 10.0. The van der Waals surface area contributed by atoms with Gasteiger partial charge in [-0.2, -0.15) is 0 Å². The summed E-state index contributed by atoms with van der Waals surface area (Å²) < 4.78 is 5.23. The zero-order valence-electron chi connectivity index (χ0n) is 17.3. The number of nitrogens with one attached hydrogen (secondary N) is 2. The normalized spacial score (nSPS) is 10.6. The van der Waals surface area contributed by atoms with Gasteiger partial charge in [-0.3, -0.25) is 14.8 Å². The van der Waals surface area contributed by atoms with Crippen molar-refractivity contribution in [2.45, 2.75) is 6.42 Å². The Hall–Kier alpha value is -4.07. The average Bonchev–Trinajstić information content (AvgIpc) is 2.83. The van der Waals surface area contributed by atoms with Crippen LogP contribution in [-0.2, 0) is 6.42 Å². The molecule has 8 nitrogen and oxygen atoms in total. The Balaban J connectivity index is 1.50. The van der Waals surface area contributed by atoms with Gasteiger partial charge in [0.2, 0.25) is 0 Å². The first-order valence-electron chi connectivity index (χ1n) is 9.83. The van der Waals surface area contributed by atoms with E-state index in [1.807, 2.05) is 30.3 Å². The first-order valence-corrected chi connectivity index (χ1v) is 9.83. The number of anilines is 1. The van der Waals surface area contributed by atoms with E-state index in [1.165, 1.54) is 6.33 Å². The standard InChI is InChI=1S/C23H22N6O2/c1-24-23(30)19-7-9-27-22-15(4-3-5-18(19)22)6-8-26-21-11-20(28-14-29-21)16-10-17(31-2)13-25-12-16/h3-5,7,9-14H,6,8H2,1-2H3,(H,24,30)(H,26,28,29). The third kappa shape index (κ3) is 4.42. The van der Waals surface area contributed by atoms with Crippen molar-refractivity contribution in [3.8, 4) is 17.0 Å². The number of hydrogen-bond acceptors (Lipinski definition) is 7. The van der Waals surface area contributed by atoms with Crippen LogP contribution in [0.25, 0.3) is 22.2 Å². The van der Waals surface area contributed by atoms with Crippen LogP contribution in [0.2, 0.25) is 0 Å². The minimum absolute atomic E-state index is 0.122. The Bertz CT molecular complexity index is 1230. The van der Waals surface area contributed by atoms with Crippen molar-refractivity contribution < 1.29 is 9.53 Å². The molecule has 1 amide bonds. The molecule has 2 N–H and O–H groups in total. The van der Waals surface area contributed by atoms with Crippen molar-refractivity contribution in [3.05, 3.63) is 72.4 Å². The van der Waals surface area contributed by atoms with Gasteiger partial charge in [-0.25, -0.2) is 9.97 Å². The van der Waals surface area contributed by atoms with Crippen LogP contribution >= 0.6 is 0 Å². The van der Waals surface area contributed by atoms with E-state index in [4.69, 9.17) is 4.74 Å². The summed E-state index contributed by atoms with van der Waals surface area (Å²) in [6, 6.07) is 11.4. The lowest BCUT2D eigenvalue weighted by Gasteiger charge is -2.10. The highest BCUT2D eigenvalue weighted by molar-refractivity contribution is 6.06. The molecular formula is C23H22N6O2. The van der Waals surface area contributed by atoms with Crippen molar-refractivity contribution in [1.29, 1.82) is 0 Å². The van der Waals surface area contributed by atoms with Crippen molar-refractivity contribution in [2.24, 2.45) is 0 Å². The molecule has 0 unspecified atom stereocenters. The van der Waals surface area contributed by atoms with Gasteiger partial charge in [0.25, 0.3) is 5.91 Å². The number of aromatic nitrogens is 4. The number of ether oxygens (including phenoxy) is 1. The molecule has 31 heavy (non-hydrogen) atoms. The van der Waals surface area contributed by atoms with Crippen LogP contribution in [0.3, 0.4) is 0 Å². The molecule has 0 aliphatic carbocycles. The number of hydrogen-bond donors (Lipinski definition) is 2. The zero-order valence-corrected chi connectivity index (χ0v) is 17.3. The second-order valence-corrected chi connectivity index (χ2v) is 6.83. The summed E-state index contributed by atoms with van der Waals surface area (Å²) in [4.78, 5) is 29.5. The first-order chi connectivity index (χ1) is 15.2. The Labute approximate surface area is 179 Å². The van der Waals surface area contributed by atoms with Gasteiger partial charge in [0, 0.05) is 43.0 Å². The van der Waals surface area contributed by atoms with Gasteiger partial charge in [0.15, 0.2) is 0 Å². The Morgan fingerprint density at radius 1 is 1.10 bits per heavy atom. The number of carbonyl (C=O) groups is 1. The second kappa shape index (κ2) is 9.17. The number of fused-ring (bicyclic) bond motifs is 1. The minimum atomic E-state index is -0.122. The summed E-state index contributed by atoms with van der Waals surface area (Å²) in [5.41, 5.74) is 4.11. The van der Waals surface area contributed by atoms with Crippen LogP contribution < -0.4 is 15.4 Å². The fourth-order valence-corrected chi connectivity index (χ4v) is 3.38. The number of nitrogens with zero attached hydrogens (tertiary/aromatic N) is 4. The first kappa shape index (κ1) is 20.2. The van der Waals surface area contributed by atoms with Crippen LogP contribution in [0, 0.1) is 0 Å². The van der Waals surface area contributed by atoms with Gasteiger partial charge in [0.1, 0.15) is 17.9 Å². The van der Waals surface area contributed by atoms with E-state index in [2.05, 4.69) is 30.6 Å². The molecule has 0 radical (unpaired) electrons. The molecule has 0 bridgehead atoms. The third-order valence-corrected chi connectivity index (χ3v) is 4.94. The summed E-state index contributed by atoms with van der Waals surface area (Å²) in [7, 11) is 3.23. The molecule has 8 heteroatoms. The molecule has 3 aromatic heterocycles. The highest BCUT2D eigenvalue weighted by atomic mass is 16.5. The topological polar surface area (TPSA) is 102 Å². The monoisotopic (exact) mass is 414 g/mol. The zero-order chi connectivity index (χ0) is 21.6. The van der Waals surface area contributed by atoms with E-state index in [0.29, 0.717) is 23.7 Å². The molecule has 0 fully saturated rings. The van der Waals surface area contributed by atoms with Crippen molar-refractivity contribution in [1.82, 2.24) is 25.3 Å². The number of amides is 1. The van der Waals surface area contributed by atoms with Crippen molar-refractivity contribution in [2.75, 3.05) is 26.0 Å². The fraction of sp³-hybridized carbons (Fsp3) is 0.174. The average molecular weight is 414 g/mol. The highest BCUT2D eigenvalue weighted by Gasteiger charge is 2.11. The third-order valence-electron chi connectivity index (χ3n) is 4.94. The van der Waals surface area contributed by atoms with Gasteiger partial charge < -0.3 is 15.4 Å². The largest absolute Gasteiger partial charge is 0.495 e. The molecule has 3 heterocycles. The molecular weight excluding hydrogens is 392 g/mol. The van der Waals surface area contributed by atoms with E-state index in [0.717, 1.165) is 34.1 Å². The maximum Gasteiger partial charge on any atom is 0.251 e. The quantitative estimate of drug-likeness (QED) is 0.479. The van der Waals surface area contributed by atoms with Crippen LogP contribution in [0.15, 0.2) is 61.3 Å². The molecule has 4 aromatic rings. The molecule has 0 spiro atoms. The maximum absolute atomic E-state index is 12.1. The predicted octanol–water partition coefficient (Wildman–Crippen LogP) is 3.11. The van der Waals surface area contributed by atoms with Crippen LogP contribution in [-0.4, -0.2) is 46.5 Å². The predicted molar refractivity (Wildman–Crippen MR) is 119 cm³/mol. The van der Waals surface area contributed by atoms with Gasteiger partial charge in [-0.1, -0.05) is 18.2 Å². The number of rotatable bonds is 7. The van der Waals surface area contributed by atoms with Gasteiger partial charge in [-0.15, -0.1) is 0 Å². The maximum atomic E-state index is 12.1. The van der Waals surface area contributed by atoms with Gasteiger partial charge in [-0.05, 0) is 24.1 Å². The summed E-state index contributed by atoms with van der Waals surface area (Å²) in [6.07, 6.45) is 7.30. The molecule has 0 atom stereocenters. The molecule has 4 rings (SSSR count). The van der Waals surface area contributed by atoms with Crippen molar-refractivity contribution >= 4 is 22.6 Å². The smallest absolute Gasteiger partial charge is 0.251 e. The number of benzene rings is 1. The molecule has 0 aliphatic rings. The number of methoxy groups -OCH3 is 1. The summed E-state index contributed by atoms with van der Waals surface area (Å²) >= 11 is 0. The van der Waals surface area contributed by atoms with Crippen LogP contribution in [0.5, 0.6) is 5.75 Å². The lowest BCUT2D eigenvalue weighted by Crippen LogP contribution is -2.18. The fourth-order valence-electron chi connectivity index (χ4n) is 3.38. The minimum Gasteiger partial charge on any atom is -0.495 e. The molecule has 156 valence electrons. The highest BCUT2D eigenvalue weighted by Crippen LogP contribution is 2.23. The molecule has 0 saturated heterocycles. The van der Waals surface area contributed by atoms with E-state index < -0.39 is 0 Å². The SMILES string of the molecule is CNC(=O)c1ccnc2c(CCNc3cc(-c4cncc(OC)c4)ncn3)cccc12. The van der Waals surface area contributed by atoms with E-state index in [9.17, 15) is 4.79 Å². The van der Waals surface area contributed by atoms with E-state index in [-0.39, 0.29) is 5.91 Å². The van der Waals surface area contributed by atoms with Gasteiger partial charge >= 0.3 is 0 Å². The summed E-state index contributed by atoms with van der Waals surface area (Å²) in [6.45, 7) is 0.651. The molecule has 0 aliphatic heterocycles. The molecule has 1 aromatic carbocycles.